The molecule has 1 atom stereocenters. The normalized spacial score (nSPS) is 20.7. The van der Waals surface area contributed by atoms with E-state index in [1.807, 2.05) is 0 Å². The van der Waals surface area contributed by atoms with Crippen LogP contribution in [0.5, 0.6) is 0 Å². The molecule has 4 nitrogen and oxygen atoms in total. The van der Waals surface area contributed by atoms with Crippen molar-refractivity contribution in [2.24, 2.45) is 5.92 Å². The van der Waals surface area contributed by atoms with E-state index in [1.54, 1.807) is 13.1 Å². The second-order valence-corrected chi connectivity index (χ2v) is 8.24. The highest BCUT2D eigenvalue weighted by Gasteiger charge is 2.31. The third kappa shape index (κ3) is 3.71. The topological polar surface area (TPSA) is 49.4 Å². The van der Waals surface area contributed by atoms with Gasteiger partial charge in [-0.3, -0.25) is 0 Å². The lowest BCUT2D eigenvalue weighted by molar-refractivity contribution is 0.281. The lowest BCUT2D eigenvalue weighted by Gasteiger charge is -2.30. The minimum Gasteiger partial charge on any atom is -0.316 e. The number of benzene rings is 1. The van der Waals surface area contributed by atoms with Crippen LogP contribution in [0, 0.1) is 5.92 Å². The van der Waals surface area contributed by atoms with Gasteiger partial charge in [-0.1, -0.05) is 30.1 Å². The molecule has 1 N–H and O–H groups in total. The van der Waals surface area contributed by atoms with E-state index in [9.17, 15) is 8.42 Å². The Morgan fingerprint density at radius 2 is 2.10 bits per heavy atom. The molecule has 2 rings (SSSR count). The molecular weight excluding hydrogens is 331 g/mol. The number of nitrogens with one attached hydrogen (secondary N) is 1. The molecule has 0 aromatic heterocycles. The summed E-state index contributed by atoms with van der Waals surface area (Å²) in [5, 5.41) is 3.60. The van der Waals surface area contributed by atoms with Crippen molar-refractivity contribution in [3.8, 4) is 0 Å². The number of nitrogens with zero attached hydrogens (tertiary/aromatic N) is 1. The summed E-state index contributed by atoms with van der Waals surface area (Å²) < 4.78 is 27.2. The first-order valence-corrected chi connectivity index (χ1v) is 9.18. The molecule has 1 aliphatic rings. The quantitative estimate of drug-likeness (QED) is 0.907. The first kappa shape index (κ1) is 17.0. The summed E-state index contributed by atoms with van der Waals surface area (Å²) in [6.45, 7) is 3.61. The van der Waals surface area contributed by atoms with E-state index in [2.05, 4.69) is 12.2 Å². The van der Waals surface area contributed by atoms with Crippen LogP contribution in [0.4, 0.5) is 0 Å². The molecule has 1 aliphatic heterocycles. The van der Waals surface area contributed by atoms with Crippen LogP contribution in [0.3, 0.4) is 0 Å². The van der Waals surface area contributed by atoms with E-state index >= 15 is 0 Å². The Hall–Kier alpha value is -0.330. The van der Waals surface area contributed by atoms with Crippen molar-refractivity contribution < 1.29 is 8.42 Å². The van der Waals surface area contributed by atoms with Crippen LogP contribution in [0.25, 0.3) is 0 Å². The SMILES string of the molecule is CNCc1cc(Cl)cc(S(=O)(=O)N2CCCC(C)C2)c1Cl. The standard InChI is InChI=1S/C14H20Cl2N2O2S/c1-10-4-3-5-18(9-10)21(19,20)13-7-12(15)6-11(8-17-2)14(13)16/h6-7,10,17H,3-5,8-9H2,1-2H3. The van der Waals surface area contributed by atoms with E-state index < -0.39 is 10.0 Å². The Balaban J connectivity index is 2.44. The fourth-order valence-electron chi connectivity index (χ4n) is 2.63. The first-order valence-electron chi connectivity index (χ1n) is 6.99. The number of piperidine rings is 1. The van der Waals surface area contributed by atoms with Gasteiger partial charge in [-0.15, -0.1) is 0 Å². The van der Waals surface area contributed by atoms with Crippen molar-refractivity contribution in [3.05, 3.63) is 27.7 Å². The maximum Gasteiger partial charge on any atom is 0.244 e. The van der Waals surface area contributed by atoms with Gasteiger partial charge in [0.15, 0.2) is 0 Å². The van der Waals surface area contributed by atoms with Crippen LogP contribution in [-0.2, 0) is 16.6 Å². The zero-order valence-electron chi connectivity index (χ0n) is 12.2. The average molecular weight is 351 g/mol. The van der Waals surface area contributed by atoms with Gasteiger partial charge >= 0.3 is 0 Å². The van der Waals surface area contributed by atoms with E-state index in [0.717, 1.165) is 12.8 Å². The monoisotopic (exact) mass is 350 g/mol. The highest BCUT2D eigenvalue weighted by Crippen LogP contribution is 2.33. The highest BCUT2D eigenvalue weighted by molar-refractivity contribution is 7.89. The number of halogens is 2. The lowest BCUT2D eigenvalue weighted by atomic mass is 10.0. The minimum atomic E-state index is -3.60. The Morgan fingerprint density at radius 1 is 1.38 bits per heavy atom. The summed E-state index contributed by atoms with van der Waals surface area (Å²) in [6, 6.07) is 3.13. The number of sulfonamides is 1. The van der Waals surface area contributed by atoms with Gasteiger partial charge in [-0.2, -0.15) is 4.31 Å². The molecule has 1 aromatic carbocycles. The summed E-state index contributed by atoms with van der Waals surface area (Å²) in [5.74, 6) is 0.364. The molecule has 0 aliphatic carbocycles. The maximum atomic E-state index is 12.8. The van der Waals surface area contributed by atoms with Crippen molar-refractivity contribution in [3.63, 3.8) is 0 Å². The largest absolute Gasteiger partial charge is 0.316 e. The van der Waals surface area contributed by atoms with Gasteiger partial charge in [0.2, 0.25) is 10.0 Å². The van der Waals surface area contributed by atoms with Crippen LogP contribution in [0.1, 0.15) is 25.3 Å². The Bertz CT molecular complexity index is 620. The number of hydrogen-bond donors (Lipinski definition) is 1. The van der Waals surface area contributed by atoms with E-state index in [1.165, 1.54) is 10.4 Å². The minimum absolute atomic E-state index is 0.107. The third-order valence-corrected chi connectivity index (χ3v) is 6.35. The molecule has 7 heteroatoms. The van der Waals surface area contributed by atoms with Gasteiger partial charge in [-0.05, 0) is 43.5 Å². The van der Waals surface area contributed by atoms with Gasteiger partial charge in [0, 0.05) is 24.7 Å². The smallest absolute Gasteiger partial charge is 0.244 e. The number of hydrogen-bond acceptors (Lipinski definition) is 3. The van der Waals surface area contributed by atoms with E-state index in [-0.39, 0.29) is 9.92 Å². The first-order chi connectivity index (χ1) is 9.86. The molecule has 0 amide bonds. The molecular formula is C14H20Cl2N2O2S. The Labute approximate surface area is 136 Å². The maximum absolute atomic E-state index is 12.8. The van der Waals surface area contributed by atoms with Crippen molar-refractivity contribution in [2.45, 2.75) is 31.2 Å². The fourth-order valence-corrected chi connectivity index (χ4v) is 5.13. The summed E-state index contributed by atoms with van der Waals surface area (Å²) >= 11 is 12.4. The Kier molecular flexibility index (Phi) is 5.54. The molecule has 1 saturated heterocycles. The molecule has 1 heterocycles. The fraction of sp³-hybridized carbons (Fsp3) is 0.571. The molecule has 118 valence electrons. The molecule has 0 bridgehead atoms. The lowest BCUT2D eigenvalue weighted by Crippen LogP contribution is -2.39. The van der Waals surface area contributed by atoms with Crippen molar-refractivity contribution >= 4 is 33.2 Å². The predicted octanol–water partition coefficient (Wildman–Crippen LogP) is 3.13. The summed E-state index contributed by atoms with van der Waals surface area (Å²) in [5.41, 5.74) is 0.690. The molecule has 1 aromatic rings. The van der Waals surface area contributed by atoms with Gasteiger partial charge in [-0.25, -0.2) is 8.42 Å². The Morgan fingerprint density at radius 3 is 2.71 bits per heavy atom. The average Bonchev–Trinajstić information content (AvgIpc) is 2.42. The van der Waals surface area contributed by atoms with Gasteiger partial charge < -0.3 is 5.32 Å². The zero-order valence-corrected chi connectivity index (χ0v) is 14.5. The van der Waals surface area contributed by atoms with Crippen molar-refractivity contribution in [2.75, 3.05) is 20.1 Å². The summed E-state index contributed by atoms with van der Waals surface area (Å²) in [7, 11) is -1.82. The molecule has 21 heavy (non-hydrogen) atoms. The number of rotatable bonds is 4. The van der Waals surface area contributed by atoms with Crippen LogP contribution in [0.15, 0.2) is 17.0 Å². The molecule has 1 unspecified atom stereocenters. The van der Waals surface area contributed by atoms with E-state index in [0.29, 0.717) is 36.1 Å². The van der Waals surface area contributed by atoms with Gasteiger partial charge in [0.1, 0.15) is 4.90 Å². The molecule has 1 fully saturated rings. The third-order valence-electron chi connectivity index (χ3n) is 3.68. The van der Waals surface area contributed by atoms with Crippen LogP contribution in [-0.4, -0.2) is 32.9 Å². The van der Waals surface area contributed by atoms with Crippen molar-refractivity contribution in [1.82, 2.24) is 9.62 Å². The van der Waals surface area contributed by atoms with Gasteiger partial charge in [0.25, 0.3) is 0 Å². The van der Waals surface area contributed by atoms with Gasteiger partial charge in [0.05, 0.1) is 5.02 Å². The second kappa shape index (κ2) is 6.84. The highest BCUT2D eigenvalue weighted by atomic mass is 35.5. The summed E-state index contributed by atoms with van der Waals surface area (Å²) in [6.07, 6.45) is 1.93. The molecule has 0 radical (unpaired) electrons. The van der Waals surface area contributed by atoms with Crippen LogP contribution < -0.4 is 5.32 Å². The van der Waals surface area contributed by atoms with Crippen LogP contribution in [0.2, 0.25) is 10.0 Å². The van der Waals surface area contributed by atoms with E-state index in [4.69, 9.17) is 23.2 Å². The molecule has 0 saturated carbocycles. The van der Waals surface area contributed by atoms with Crippen LogP contribution >= 0.6 is 23.2 Å². The zero-order chi connectivity index (χ0) is 15.6. The molecule has 0 spiro atoms. The second-order valence-electron chi connectivity index (χ2n) is 5.52. The predicted molar refractivity (Wildman–Crippen MR) is 86.4 cm³/mol. The summed E-state index contributed by atoms with van der Waals surface area (Å²) in [4.78, 5) is 0.107. The van der Waals surface area contributed by atoms with Crippen molar-refractivity contribution in [1.29, 1.82) is 0 Å².